The number of benzene rings is 1. The van der Waals surface area contributed by atoms with Crippen molar-refractivity contribution in [2.24, 2.45) is 0 Å². The molecule has 2 aromatic rings. The first-order valence-electron chi connectivity index (χ1n) is 6.44. The molecule has 3 nitrogen and oxygen atoms in total. The van der Waals surface area contributed by atoms with E-state index in [4.69, 9.17) is 0 Å². The van der Waals surface area contributed by atoms with Gasteiger partial charge in [0.15, 0.2) is 17.5 Å². The Hall–Kier alpha value is -1.98. The van der Waals surface area contributed by atoms with Crippen LogP contribution in [0.5, 0.6) is 0 Å². The first-order chi connectivity index (χ1) is 9.54. The maximum atomic E-state index is 14.1. The summed E-state index contributed by atoms with van der Waals surface area (Å²) in [5.74, 6) is -3.42. The maximum Gasteiger partial charge on any atom is 0.195 e. The molecule has 0 radical (unpaired) electrons. The summed E-state index contributed by atoms with van der Waals surface area (Å²) in [5.41, 5.74) is 0.326. The Kier molecular flexibility index (Phi) is 4.01. The first kappa shape index (κ1) is 14.4. The van der Waals surface area contributed by atoms with E-state index >= 15 is 0 Å². The van der Waals surface area contributed by atoms with Crippen LogP contribution in [0.4, 0.5) is 24.7 Å². The van der Waals surface area contributed by atoms with Crippen LogP contribution in [0.15, 0.2) is 12.3 Å². The van der Waals surface area contributed by atoms with Crippen molar-refractivity contribution >= 4 is 22.3 Å². The van der Waals surface area contributed by atoms with Gasteiger partial charge >= 0.3 is 0 Å². The second-order valence-corrected chi connectivity index (χ2v) is 4.33. The van der Waals surface area contributed by atoms with E-state index in [0.717, 1.165) is 6.07 Å². The third-order valence-electron chi connectivity index (χ3n) is 3.32. The van der Waals surface area contributed by atoms with Gasteiger partial charge in [0, 0.05) is 30.9 Å². The maximum absolute atomic E-state index is 14.1. The van der Waals surface area contributed by atoms with Crippen LogP contribution in [0.25, 0.3) is 10.8 Å². The lowest BCUT2D eigenvalue weighted by Gasteiger charge is -2.22. The minimum atomic E-state index is -1.47. The van der Waals surface area contributed by atoms with Crippen molar-refractivity contribution < 1.29 is 13.2 Å². The molecule has 0 bridgehead atoms. The summed E-state index contributed by atoms with van der Waals surface area (Å²) < 4.78 is 41.0. The van der Waals surface area contributed by atoms with E-state index in [1.165, 1.54) is 6.20 Å². The van der Waals surface area contributed by atoms with Crippen molar-refractivity contribution in [2.45, 2.75) is 13.8 Å². The number of hydrogen-bond acceptors (Lipinski definition) is 3. The van der Waals surface area contributed by atoms with Crippen LogP contribution in [0.2, 0.25) is 0 Å². The van der Waals surface area contributed by atoms with Crippen LogP contribution in [0, 0.1) is 17.5 Å². The zero-order valence-electron chi connectivity index (χ0n) is 11.6. The Labute approximate surface area is 115 Å². The summed E-state index contributed by atoms with van der Waals surface area (Å²) in [7, 11) is 1.58. The summed E-state index contributed by atoms with van der Waals surface area (Å²) in [6.45, 7) is 5.11. The van der Waals surface area contributed by atoms with Crippen molar-refractivity contribution in [1.29, 1.82) is 0 Å². The summed E-state index contributed by atoms with van der Waals surface area (Å²) in [6, 6.07) is 0.995. The van der Waals surface area contributed by atoms with Crippen LogP contribution in [-0.4, -0.2) is 25.1 Å². The molecule has 1 aromatic carbocycles. The lowest BCUT2D eigenvalue weighted by Crippen LogP contribution is -2.23. The molecule has 0 unspecified atom stereocenters. The van der Waals surface area contributed by atoms with Gasteiger partial charge in [0.05, 0.1) is 11.9 Å². The largest absolute Gasteiger partial charge is 0.386 e. The number of fused-ring (bicyclic) bond motifs is 1. The lowest BCUT2D eigenvalue weighted by molar-refractivity contribution is 0.453. The van der Waals surface area contributed by atoms with Crippen molar-refractivity contribution in [3.05, 3.63) is 29.7 Å². The molecule has 0 aliphatic heterocycles. The molecule has 0 amide bonds. The van der Waals surface area contributed by atoms with Gasteiger partial charge in [-0.1, -0.05) is 0 Å². The molecular formula is C14H16F3N3. The Bertz CT molecular complexity index is 639. The highest BCUT2D eigenvalue weighted by Crippen LogP contribution is 2.34. The SMILES string of the molecule is CCN(CC)c1ncc(NC)c2c(F)c(F)c(F)cc12. The number of aromatic nitrogens is 1. The highest BCUT2D eigenvalue weighted by atomic mass is 19.2. The first-order valence-corrected chi connectivity index (χ1v) is 6.44. The fraction of sp³-hybridized carbons (Fsp3) is 0.357. The normalized spacial score (nSPS) is 10.9. The van der Waals surface area contributed by atoms with Gasteiger partial charge in [-0.3, -0.25) is 0 Å². The standard InChI is InChI=1S/C14H16F3N3/c1-4-20(5-2)14-8-6-9(15)12(16)13(17)11(8)10(18-3)7-19-14/h6-7,18H,4-5H2,1-3H3. The summed E-state index contributed by atoms with van der Waals surface area (Å²) in [6.07, 6.45) is 1.43. The van der Waals surface area contributed by atoms with E-state index in [2.05, 4.69) is 10.3 Å². The third-order valence-corrected chi connectivity index (χ3v) is 3.32. The molecule has 0 aliphatic rings. The predicted octanol–water partition coefficient (Wildman–Crippen LogP) is 3.54. The second-order valence-electron chi connectivity index (χ2n) is 4.33. The number of anilines is 2. The molecule has 6 heteroatoms. The van der Waals surface area contributed by atoms with E-state index in [1.54, 1.807) is 7.05 Å². The molecule has 0 aliphatic carbocycles. The minimum Gasteiger partial charge on any atom is -0.386 e. The van der Waals surface area contributed by atoms with Crippen molar-refractivity contribution in [1.82, 2.24) is 4.98 Å². The van der Waals surface area contributed by atoms with Gasteiger partial charge in [-0.05, 0) is 19.9 Å². The van der Waals surface area contributed by atoms with Crippen LogP contribution < -0.4 is 10.2 Å². The topological polar surface area (TPSA) is 28.2 Å². The van der Waals surface area contributed by atoms with Crippen molar-refractivity contribution in [2.75, 3.05) is 30.4 Å². The Morgan fingerprint density at radius 3 is 2.35 bits per heavy atom. The minimum absolute atomic E-state index is 0.0169. The molecule has 1 heterocycles. The number of nitrogens with one attached hydrogen (secondary N) is 1. The molecular weight excluding hydrogens is 267 g/mol. The summed E-state index contributed by atoms with van der Waals surface area (Å²) in [4.78, 5) is 6.10. The monoisotopic (exact) mass is 283 g/mol. The molecule has 0 saturated heterocycles. The van der Waals surface area contributed by atoms with E-state index in [0.29, 0.717) is 24.6 Å². The number of halogens is 3. The van der Waals surface area contributed by atoms with E-state index in [9.17, 15) is 13.2 Å². The molecule has 0 saturated carbocycles. The summed E-state index contributed by atoms with van der Waals surface area (Å²) >= 11 is 0. The molecule has 0 fully saturated rings. The van der Waals surface area contributed by atoms with Gasteiger partial charge < -0.3 is 10.2 Å². The molecule has 1 aromatic heterocycles. The van der Waals surface area contributed by atoms with Gasteiger partial charge in [0.2, 0.25) is 0 Å². The smallest absolute Gasteiger partial charge is 0.195 e. The predicted molar refractivity (Wildman–Crippen MR) is 74.7 cm³/mol. The lowest BCUT2D eigenvalue weighted by atomic mass is 10.1. The number of nitrogens with zero attached hydrogens (tertiary/aromatic N) is 2. The van der Waals surface area contributed by atoms with Gasteiger partial charge in [-0.2, -0.15) is 0 Å². The van der Waals surface area contributed by atoms with E-state index in [1.807, 2.05) is 18.7 Å². The Morgan fingerprint density at radius 2 is 1.80 bits per heavy atom. The Morgan fingerprint density at radius 1 is 1.15 bits per heavy atom. The molecule has 108 valence electrons. The van der Waals surface area contributed by atoms with Crippen molar-refractivity contribution in [3.8, 4) is 0 Å². The van der Waals surface area contributed by atoms with Crippen molar-refractivity contribution in [3.63, 3.8) is 0 Å². The Balaban J connectivity index is 2.87. The zero-order valence-corrected chi connectivity index (χ0v) is 11.6. The molecule has 0 atom stereocenters. The van der Waals surface area contributed by atoms with Crippen LogP contribution >= 0.6 is 0 Å². The van der Waals surface area contributed by atoms with Crippen LogP contribution in [-0.2, 0) is 0 Å². The van der Waals surface area contributed by atoms with Gasteiger partial charge in [0.1, 0.15) is 5.82 Å². The van der Waals surface area contributed by atoms with Gasteiger partial charge in [-0.25, -0.2) is 18.2 Å². The van der Waals surface area contributed by atoms with E-state index in [-0.39, 0.29) is 10.8 Å². The number of hydrogen-bond donors (Lipinski definition) is 1. The zero-order chi connectivity index (χ0) is 14.9. The van der Waals surface area contributed by atoms with Gasteiger partial charge in [-0.15, -0.1) is 0 Å². The van der Waals surface area contributed by atoms with Crippen LogP contribution in [0.1, 0.15) is 13.8 Å². The van der Waals surface area contributed by atoms with E-state index < -0.39 is 17.5 Å². The quantitative estimate of drug-likeness (QED) is 0.870. The third kappa shape index (κ3) is 2.15. The summed E-state index contributed by atoms with van der Waals surface area (Å²) in [5, 5.41) is 3.03. The molecule has 0 spiro atoms. The highest BCUT2D eigenvalue weighted by Gasteiger charge is 2.20. The van der Waals surface area contributed by atoms with Crippen LogP contribution in [0.3, 0.4) is 0 Å². The molecule has 2 rings (SSSR count). The van der Waals surface area contributed by atoms with Gasteiger partial charge in [0.25, 0.3) is 0 Å². The fourth-order valence-corrected chi connectivity index (χ4v) is 2.26. The molecule has 1 N–H and O–H groups in total. The molecule has 20 heavy (non-hydrogen) atoms. The average molecular weight is 283 g/mol. The average Bonchev–Trinajstić information content (AvgIpc) is 2.46. The number of pyridine rings is 1. The number of rotatable bonds is 4. The highest BCUT2D eigenvalue weighted by molar-refractivity contribution is 6.00. The fourth-order valence-electron chi connectivity index (χ4n) is 2.26. The second kappa shape index (κ2) is 5.56.